The number of nitrogens with zero attached hydrogens (tertiary/aromatic N) is 2. The molecule has 17 heavy (non-hydrogen) atoms. The third-order valence-electron chi connectivity index (χ3n) is 2.39. The van der Waals surface area contributed by atoms with E-state index in [1.807, 2.05) is 12.1 Å². The maximum atomic E-state index is 4.21. The molecule has 0 unspecified atom stereocenters. The Morgan fingerprint density at radius 1 is 1.29 bits per heavy atom. The molecule has 0 spiro atoms. The van der Waals surface area contributed by atoms with Crippen LogP contribution in [-0.4, -0.2) is 16.1 Å². The second-order valence-electron chi connectivity index (χ2n) is 3.73. The minimum atomic E-state index is 0.844. The van der Waals surface area contributed by atoms with Crippen LogP contribution in [-0.2, 0) is 6.54 Å². The molecule has 90 valence electrons. The molecule has 1 heterocycles. The molecular weight excluding hydrogens is 298 g/mol. The summed E-state index contributed by atoms with van der Waals surface area (Å²) in [6.45, 7) is 4.03. The molecule has 2 aromatic rings. The summed E-state index contributed by atoms with van der Waals surface area (Å²) in [5, 5.41) is 7.59. The van der Waals surface area contributed by atoms with Crippen molar-refractivity contribution in [1.29, 1.82) is 0 Å². The molecule has 3 nitrogen and oxygen atoms in total. The average Bonchev–Trinajstić information content (AvgIpc) is 2.79. The second-order valence-corrected chi connectivity index (χ2v) is 5.48. The summed E-state index contributed by atoms with van der Waals surface area (Å²) in [5.41, 5.74) is 2.11. The van der Waals surface area contributed by atoms with E-state index in [0.29, 0.717) is 0 Å². The van der Waals surface area contributed by atoms with Crippen LogP contribution in [0.1, 0.15) is 18.2 Å². The predicted octanol–water partition coefficient (Wildman–Crippen LogP) is 3.47. The highest BCUT2D eigenvalue weighted by molar-refractivity contribution is 9.10. The van der Waals surface area contributed by atoms with Crippen LogP contribution in [0.15, 0.2) is 28.7 Å². The number of benzene rings is 1. The average molecular weight is 312 g/mol. The van der Waals surface area contributed by atoms with Gasteiger partial charge in [-0.1, -0.05) is 39.5 Å². The topological polar surface area (TPSA) is 37.8 Å². The summed E-state index contributed by atoms with van der Waals surface area (Å²) in [4.78, 5) is 1.20. The van der Waals surface area contributed by atoms with E-state index in [2.05, 4.69) is 49.9 Å². The van der Waals surface area contributed by atoms with Crippen molar-refractivity contribution in [3.8, 4) is 11.3 Å². The van der Waals surface area contributed by atoms with Gasteiger partial charge in [0.1, 0.15) is 5.69 Å². The van der Waals surface area contributed by atoms with E-state index in [1.165, 1.54) is 16.4 Å². The molecule has 5 heteroatoms. The first kappa shape index (κ1) is 12.7. The third-order valence-corrected chi connectivity index (χ3v) is 3.64. The van der Waals surface area contributed by atoms with Gasteiger partial charge in [0.15, 0.2) is 0 Å². The standard InChI is InChI=1S/C12H14BrN3S/c1-2-7-14-8-11-12(15-16-17-11)9-3-5-10(13)6-4-9/h3-6,14H,2,7-8H2,1H3. The first-order valence-corrected chi connectivity index (χ1v) is 7.15. The Hall–Kier alpha value is -0.780. The van der Waals surface area contributed by atoms with Crippen LogP contribution in [0.5, 0.6) is 0 Å². The van der Waals surface area contributed by atoms with Crippen LogP contribution in [0, 0.1) is 0 Å². The number of rotatable bonds is 5. The van der Waals surface area contributed by atoms with E-state index in [0.717, 1.165) is 35.2 Å². The molecule has 0 fully saturated rings. The molecule has 1 N–H and O–H groups in total. The molecule has 1 aromatic heterocycles. The monoisotopic (exact) mass is 311 g/mol. The normalized spacial score (nSPS) is 10.7. The van der Waals surface area contributed by atoms with Crippen LogP contribution >= 0.6 is 27.5 Å². The van der Waals surface area contributed by atoms with Crippen molar-refractivity contribution in [2.75, 3.05) is 6.54 Å². The van der Waals surface area contributed by atoms with Crippen molar-refractivity contribution in [3.05, 3.63) is 33.6 Å². The molecule has 2 rings (SSSR count). The highest BCUT2D eigenvalue weighted by atomic mass is 79.9. The van der Waals surface area contributed by atoms with Crippen LogP contribution in [0.3, 0.4) is 0 Å². The SMILES string of the molecule is CCCNCc1snnc1-c1ccc(Br)cc1. The molecule has 0 aliphatic heterocycles. The smallest absolute Gasteiger partial charge is 0.110 e. The van der Waals surface area contributed by atoms with Gasteiger partial charge < -0.3 is 5.32 Å². The minimum Gasteiger partial charge on any atom is -0.312 e. The zero-order chi connectivity index (χ0) is 12.1. The van der Waals surface area contributed by atoms with Crippen LogP contribution in [0.4, 0.5) is 0 Å². The highest BCUT2D eigenvalue weighted by Gasteiger charge is 2.09. The Morgan fingerprint density at radius 2 is 2.06 bits per heavy atom. The molecule has 0 aliphatic carbocycles. The number of hydrogen-bond donors (Lipinski definition) is 1. The first-order valence-electron chi connectivity index (χ1n) is 5.59. The van der Waals surface area contributed by atoms with Gasteiger partial charge in [0.2, 0.25) is 0 Å². The Morgan fingerprint density at radius 3 is 2.76 bits per heavy atom. The number of hydrogen-bond acceptors (Lipinski definition) is 4. The van der Waals surface area contributed by atoms with Crippen molar-refractivity contribution in [1.82, 2.24) is 14.9 Å². The Kier molecular flexibility index (Phi) is 4.65. The predicted molar refractivity (Wildman–Crippen MR) is 75.0 cm³/mol. The Labute approximate surface area is 114 Å². The molecule has 0 bridgehead atoms. The summed E-state index contributed by atoms with van der Waals surface area (Å²) in [7, 11) is 0. The van der Waals surface area contributed by atoms with Gasteiger partial charge in [0.05, 0.1) is 4.88 Å². The van der Waals surface area contributed by atoms with Gasteiger partial charge in [0, 0.05) is 16.6 Å². The van der Waals surface area contributed by atoms with Gasteiger partial charge in [-0.25, -0.2) is 0 Å². The van der Waals surface area contributed by atoms with Gasteiger partial charge in [-0.15, -0.1) is 5.10 Å². The van der Waals surface area contributed by atoms with E-state index in [4.69, 9.17) is 0 Å². The van der Waals surface area contributed by atoms with Crippen molar-refractivity contribution in [2.24, 2.45) is 0 Å². The maximum Gasteiger partial charge on any atom is 0.110 e. The van der Waals surface area contributed by atoms with Crippen molar-refractivity contribution in [3.63, 3.8) is 0 Å². The van der Waals surface area contributed by atoms with Crippen LogP contribution < -0.4 is 5.32 Å². The highest BCUT2D eigenvalue weighted by Crippen LogP contribution is 2.25. The summed E-state index contributed by atoms with van der Waals surface area (Å²) in [5.74, 6) is 0. The van der Waals surface area contributed by atoms with Gasteiger partial charge in [-0.3, -0.25) is 0 Å². The van der Waals surface area contributed by atoms with E-state index >= 15 is 0 Å². The Balaban J connectivity index is 2.15. The fraction of sp³-hybridized carbons (Fsp3) is 0.333. The van der Waals surface area contributed by atoms with Gasteiger partial charge >= 0.3 is 0 Å². The van der Waals surface area contributed by atoms with Crippen molar-refractivity contribution < 1.29 is 0 Å². The van der Waals surface area contributed by atoms with Crippen LogP contribution in [0.2, 0.25) is 0 Å². The summed E-state index contributed by atoms with van der Waals surface area (Å²) in [6, 6.07) is 8.17. The zero-order valence-electron chi connectivity index (χ0n) is 9.61. The summed E-state index contributed by atoms with van der Waals surface area (Å²) >= 11 is 4.90. The quantitative estimate of drug-likeness (QED) is 0.859. The molecule has 1 aromatic carbocycles. The van der Waals surface area contributed by atoms with E-state index in [1.54, 1.807) is 0 Å². The lowest BCUT2D eigenvalue weighted by atomic mass is 10.1. The third kappa shape index (κ3) is 3.34. The lowest BCUT2D eigenvalue weighted by Gasteiger charge is -2.03. The molecule has 0 saturated carbocycles. The lowest BCUT2D eigenvalue weighted by Crippen LogP contribution is -2.13. The van der Waals surface area contributed by atoms with Crippen molar-refractivity contribution >= 4 is 27.5 Å². The maximum absolute atomic E-state index is 4.21. The molecule has 0 saturated heterocycles. The lowest BCUT2D eigenvalue weighted by molar-refractivity contribution is 0.681. The van der Waals surface area contributed by atoms with Gasteiger partial charge in [0.25, 0.3) is 0 Å². The molecule has 0 atom stereocenters. The van der Waals surface area contributed by atoms with Crippen LogP contribution in [0.25, 0.3) is 11.3 Å². The first-order chi connectivity index (χ1) is 8.31. The minimum absolute atomic E-state index is 0.844. The number of halogens is 1. The van der Waals surface area contributed by atoms with E-state index in [9.17, 15) is 0 Å². The van der Waals surface area contributed by atoms with E-state index in [-0.39, 0.29) is 0 Å². The fourth-order valence-electron chi connectivity index (χ4n) is 1.53. The van der Waals surface area contributed by atoms with Gasteiger partial charge in [-0.05, 0) is 36.6 Å². The molecular formula is C12H14BrN3S. The fourth-order valence-corrected chi connectivity index (χ4v) is 2.43. The number of aromatic nitrogens is 2. The van der Waals surface area contributed by atoms with Gasteiger partial charge in [-0.2, -0.15) is 0 Å². The summed E-state index contributed by atoms with van der Waals surface area (Å²) < 4.78 is 5.12. The largest absolute Gasteiger partial charge is 0.312 e. The zero-order valence-corrected chi connectivity index (χ0v) is 12.0. The Bertz CT molecular complexity index is 467. The second kappa shape index (κ2) is 6.23. The van der Waals surface area contributed by atoms with E-state index < -0.39 is 0 Å². The van der Waals surface area contributed by atoms with Crippen molar-refractivity contribution in [2.45, 2.75) is 19.9 Å². The molecule has 0 amide bonds. The summed E-state index contributed by atoms with van der Waals surface area (Å²) in [6.07, 6.45) is 1.14. The molecule has 0 aliphatic rings. The number of nitrogens with one attached hydrogen (secondary N) is 1. The molecule has 0 radical (unpaired) electrons.